The number of hydrogen-bond donors (Lipinski definition) is 2. The molecule has 1 aliphatic rings. The van der Waals surface area contributed by atoms with Crippen molar-refractivity contribution in [3.8, 4) is 0 Å². The molecule has 0 amide bonds. The van der Waals surface area contributed by atoms with Gasteiger partial charge in [-0.25, -0.2) is 9.37 Å². The maximum absolute atomic E-state index is 13.0. The number of aromatic nitrogens is 2. The van der Waals surface area contributed by atoms with Crippen LogP contribution in [0.4, 0.5) is 27.5 Å². The highest BCUT2D eigenvalue weighted by Crippen LogP contribution is 2.24. The van der Waals surface area contributed by atoms with Gasteiger partial charge in [-0.2, -0.15) is 4.98 Å². The first-order chi connectivity index (χ1) is 14.6. The third-order valence-corrected chi connectivity index (χ3v) is 5.39. The minimum Gasteiger partial charge on any atom is -0.369 e. The average Bonchev–Trinajstić information content (AvgIpc) is 2.76. The molecule has 0 aliphatic carbocycles. The summed E-state index contributed by atoms with van der Waals surface area (Å²) in [6.45, 7) is 4.70. The molecule has 2 N–H and O–H groups in total. The molecule has 3 aromatic rings. The number of benzene rings is 2. The molecule has 0 atom stereocenters. The minimum atomic E-state index is -0.260. The van der Waals surface area contributed by atoms with E-state index in [-0.39, 0.29) is 5.82 Å². The number of rotatable bonds is 6. The Bertz CT molecular complexity index is 972. The van der Waals surface area contributed by atoms with Crippen molar-refractivity contribution in [2.45, 2.75) is 6.54 Å². The van der Waals surface area contributed by atoms with Gasteiger partial charge in [0, 0.05) is 44.1 Å². The van der Waals surface area contributed by atoms with Crippen molar-refractivity contribution >= 4 is 34.7 Å². The molecule has 2 aromatic carbocycles. The molecule has 1 aliphatic heterocycles. The molecular formula is C22H24ClFN6. The first-order valence-corrected chi connectivity index (χ1v) is 10.3. The quantitative estimate of drug-likeness (QED) is 0.610. The molecule has 8 heteroatoms. The zero-order valence-corrected chi connectivity index (χ0v) is 17.5. The molecule has 0 unspecified atom stereocenters. The fourth-order valence-corrected chi connectivity index (χ4v) is 3.45. The second-order valence-electron chi connectivity index (χ2n) is 7.33. The predicted octanol–water partition coefficient (Wildman–Crippen LogP) is 4.38. The van der Waals surface area contributed by atoms with Gasteiger partial charge in [-0.15, -0.1) is 0 Å². The molecule has 1 fully saturated rings. The van der Waals surface area contributed by atoms with Gasteiger partial charge >= 0.3 is 0 Å². The number of nitrogens with zero attached hydrogens (tertiary/aromatic N) is 4. The van der Waals surface area contributed by atoms with E-state index in [1.54, 1.807) is 18.3 Å². The lowest BCUT2D eigenvalue weighted by molar-refractivity contribution is 0.313. The van der Waals surface area contributed by atoms with Gasteiger partial charge < -0.3 is 20.4 Å². The van der Waals surface area contributed by atoms with Crippen molar-refractivity contribution in [2.75, 3.05) is 48.8 Å². The predicted molar refractivity (Wildman–Crippen MR) is 120 cm³/mol. The van der Waals surface area contributed by atoms with Crippen LogP contribution in [0.1, 0.15) is 5.56 Å². The van der Waals surface area contributed by atoms with E-state index in [0.717, 1.165) is 37.4 Å². The van der Waals surface area contributed by atoms with Crippen molar-refractivity contribution < 1.29 is 4.39 Å². The molecule has 1 aromatic heterocycles. The lowest BCUT2D eigenvalue weighted by atomic mass is 10.2. The number of hydrogen-bond acceptors (Lipinski definition) is 6. The molecule has 4 rings (SSSR count). The fraction of sp³-hybridized carbons (Fsp3) is 0.273. The molecule has 30 heavy (non-hydrogen) atoms. The van der Waals surface area contributed by atoms with Crippen LogP contribution >= 0.6 is 11.6 Å². The Morgan fingerprint density at radius 2 is 1.70 bits per heavy atom. The Morgan fingerprint density at radius 1 is 1.00 bits per heavy atom. The third-order valence-electron chi connectivity index (χ3n) is 5.11. The van der Waals surface area contributed by atoms with Crippen LogP contribution in [0.2, 0.25) is 5.02 Å². The average molecular weight is 427 g/mol. The first-order valence-electron chi connectivity index (χ1n) is 9.88. The van der Waals surface area contributed by atoms with Gasteiger partial charge in [-0.3, -0.25) is 0 Å². The lowest BCUT2D eigenvalue weighted by Crippen LogP contribution is -2.44. The normalized spacial score (nSPS) is 14.6. The van der Waals surface area contributed by atoms with Crippen molar-refractivity contribution in [1.82, 2.24) is 14.9 Å². The van der Waals surface area contributed by atoms with Crippen molar-refractivity contribution in [1.29, 1.82) is 0 Å². The summed E-state index contributed by atoms with van der Waals surface area (Å²) in [5.41, 5.74) is 3.05. The van der Waals surface area contributed by atoms with Gasteiger partial charge in [0.05, 0.1) is 6.20 Å². The lowest BCUT2D eigenvalue weighted by Gasteiger charge is -2.34. The van der Waals surface area contributed by atoms with Gasteiger partial charge in [0.2, 0.25) is 5.95 Å². The van der Waals surface area contributed by atoms with Crippen LogP contribution in [0.3, 0.4) is 0 Å². The van der Waals surface area contributed by atoms with Crippen molar-refractivity contribution in [3.63, 3.8) is 0 Å². The van der Waals surface area contributed by atoms with E-state index < -0.39 is 0 Å². The summed E-state index contributed by atoms with van der Waals surface area (Å²) >= 11 is 6.22. The van der Waals surface area contributed by atoms with Crippen LogP contribution in [0.5, 0.6) is 0 Å². The highest BCUT2D eigenvalue weighted by atomic mass is 35.5. The summed E-state index contributed by atoms with van der Waals surface area (Å²) < 4.78 is 13.0. The van der Waals surface area contributed by atoms with Crippen LogP contribution in [-0.4, -0.2) is 48.1 Å². The number of piperazine rings is 1. The standard InChI is InChI=1S/C22H24ClFN6/c1-29-10-12-30(13-11-29)19-8-6-18(7-9-19)27-22-26-15-20(23)21(28-22)25-14-16-2-4-17(24)5-3-16/h2-9,15H,10-14H2,1H3,(H2,25,26,27,28). The minimum absolute atomic E-state index is 0.260. The van der Waals surface area contributed by atoms with Gasteiger partial charge in [-0.05, 0) is 49.0 Å². The fourth-order valence-electron chi connectivity index (χ4n) is 3.29. The third kappa shape index (κ3) is 5.17. The van der Waals surface area contributed by atoms with Crippen LogP contribution in [0.15, 0.2) is 54.7 Å². The monoisotopic (exact) mass is 426 g/mol. The van der Waals surface area contributed by atoms with E-state index in [0.29, 0.717) is 23.3 Å². The SMILES string of the molecule is CN1CCN(c2ccc(Nc3ncc(Cl)c(NCc4ccc(F)cc4)n3)cc2)CC1. The van der Waals surface area contributed by atoms with Gasteiger partial charge in [-0.1, -0.05) is 23.7 Å². The van der Waals surface area contributed by atoms with E-state index >= 15 is 0 Å². The molecule has 0 spiro atoms. The maximum Gasteiger partial charge on any atom is 0.229 e. The summed E-state index contributed by atoms with van der Waals surface area (Å²) in [6.07, 6.45) is 1.56. The molecule has 0 bridgehead atoms. The van der Waals surface area contributed by atoms with Crippen molar-refractivity contribution in [3.05, 3.63) is 71.1 Å². The second kappa shape index (κ2) is 9.28. The van der Waals surface area contributed by atoms with Gasteiger partial charge in [0.1, 0.15) is 10.8 Å². The molecule has 0 radical (unpaired) electrons. The Kier molecular flexibility index (Phi) is 6.30. The topological polar surface area (TPSA) is 56.3 Å². The molecule has 0 saturated carbocycles. The van der Waals surface area contributed by atoms with E-state index in [2.05, 4.69) is 49.6 Å². The van der Waals surface area contributed by atoms with Gasteiger partial charge in [0.15, 0.2) is 5.82 Å². The Balaban J connectivity index is 1.39. The van der Waals surface area contributed by atoms with Crippen LogP contribution in [0.25, 0.3) is 0 Å². The summed E-state index contributed by atoms with van der Waals surface area (Å²) in [5.74, 6) is 0.713. The number of nitrogens with one attached hydrogen (secondary N) is 2. The zero-order chi connectivity index (χ0) is 20.9. The largest absolute Gasteiger partial charge is 0.369 e. The number of anilines is 4. The van der Waals surface area contributed by atoms with Crippen LogP contribution in [0, 0.1) is 5.82 Å². The van der Waals surface area contributed by atoms with E-state index in [4.69, 9.17) is 11.6 Å². The summed E-state index contributed by atoms with van der Waals surface area (Å²) in [5, 5.41) is 6.82. The summed E-state index contributed by atoms with van der Waals surface area (Å²) in [6, 6.07) is 14.6. The second-order valence-corrected chi connectivity index (χ2v) is 7.74. The molecular weight excluding hydrogens is 403 g/mol. The smallest absolute Gasteiger partial charge is 0.229 e. The Hall–Kier alpha value is -2.90. The zero-order valence-electron chi connectivity index (χ0n) is 16.8. The van der Waals surface area contributed by atoms with Crippen LogP contribution in [-0.2, 0) is 6.54 Å². The summed E-state index contributed by atoms with van der Waals surface area (Å²) in [4.78, 5) is 13.5. The van der Waals surface area contributed by atoms with E-state index in [9.17, 15) is 4.39 Å². The van der Waals surface area contributed by atoms with Crippen molar-refractivity contribution in [2.24, 2.45) is 0 Å². The van der Waals surface area contributed by atoms with E-state index in [1.165, 1.54) is 17.8 Å². The Morgan fingerprint density at radius 3 is 2.40 bits per heavy atom. The number of likely N-dealkylation sites (N-methyl/N-ethyl adjacent to an activating group) is 1. The van der Waals surface area contributed by atoms with Gasteiger partial charge in [0.25, 0.3) is 0 Å². The highest BCUT2D eigenvalue weighted by Gasteiger charge is 2.14. The highest BCUT2D eigenvalue weighted by molar-refractivity contribution is 6.32. The Labute approximate surface area is 180 Å². The van der Waals surface area contributed by atoms with Crippen LogP contribution < -0.4 is 15.5 Å². The maximum atomic E-state index is 13.0. The first kappa shape index (κ1) is 20.4. The van der Waals surface area contributed by atoms with E-state index in [1.807, 2.05) is 12.1 Å². The molecule has 1 saturated heterocycles. The molecule has 2 heterocycles. The summed E-state index contributed by atoms with van der Waals surface area (Å²) in [7, 11) is 2.15. The molecule has 6 nitrogen and oxygen atoms in total. The molecule has 156 valence electrons. The number of halogens is 2.